The van der Waals surface area contributed by atoms with E-state index < -0.39 is 0 Å². The van der Waals surface area contributed by atoms with Crippen molar-refractivity contribution in [3.8, 4) is 0 Å². The fourth-order valence-electron chi connectivity index (χ4n) is 1.97. The Labute approximate surface area is 110 Å². The zero-order valence-corrected chi connectivity index (χ0v) is 12.2. The van der Waals surface area contributed by atoms with E-state index >= 15 is 0 Å². The highest BCUT2D eigenvalue weighted by Gasteiger charge is 2.10. The zero-order chi connectivity index (χ0) is 13.7. The second-order valence-corrected chi connectivity index (χ2v) is 5.14. The Balaban J connectivity index is 2.38. The molecule has 0 aliphatic heterocycles. The summed E-state index contributed by atoms with van der Waals surface area (Å²) in [5, 5.41) is 2.97. The number of hydrogen-bond donors (Lipinski definition) is 1. The molecular formula is C14H25N3O. The van der Waals surface area contributed by atoms with Gasteiger partial charge < -0.3 is 14.8 Å². The Kier molecular flexibility index (Phi) is 5.41. The average molecular weight is 251 g/mol. The lowest BCUT2D eigenvalue weighted by molar-refractivity contribution is -0.120. The first-order valence-corrected chi connectivity index (χ1v) is 6.45. The van der Waals surface area contributed by atoms with Crippen LogP contribution in [0.25, 0.3) is 0 Å². The predicted molar refractivity (Wildman–Crippen MR) is 74.8 cm³/mol. The molecule has 102 valence electrons. The lowest BCUT2D eigenvalue weighted by atomic mass is 10.1. The molecule has 1 rings (SSSR count). The van der Waals surface area contributed by atoms with Gasteiger partial charge in [-0.25, -0.2) is 0 Å². The van der Waals surface area contributed by atoms with Gasteiger partial charge in [-0.2, -0.15) is 0 Å². The van der Waals surface area contributed by atoms with Crippen molar-refractivity contribution in [1.82, 2.24) is 14.8 Å². The molecule has 0 aliphatic carbocycles. The largest absolute Gasteiger partial charge is 0.356 e. The summed E-state index contributed by atoms with van der Waals surface area (Å²) in [6.45, 7) is 5.87. The normalized spacial score (nSPS) is 11.0. The standard InChI is InChI=1S/C14H25N3O/c1-11-9-13(12(2)17(11)5)10-14(18)15-7-6-8-16(3)4/h9H,6-8,10H2,1-5H3,(H,15,18). The number of aromatic nitrogens is 1. The molecule has 1 amide bonds. The van der Waals surface area contributed by atoms with Crippen molar-refractivity contribution in [2.75, 3.05) is 27.2 Å². The minimum Gasteiger partial charge on any atom is -0.356 e. The third-order valence-corrected chi connectivity index (χ3v) is 3.34. The summed E-state index contributed by atoms with van der Waals surface area (Å²) < 4.78 is 2.12. The summed E-state index contributed by atoms with van der Waals surface area (Å²) in [5.41, 5.74) is 3.50. The van der Waals surface area contributed by atoms with Gasteiger partial charge in [0, 0.05) is 25.0 Å². The molecule has 0 aromatic carbocycles. The van der Waals surface area contributed by atoms with Crippen LogP contribution in [-0.2, 0) is 18.3 Å². The molecule has 18 heavy (non-hydrogen) atoms. The van der Waals surface area contributed by atoms with Crippen molar-refractivity contribution in [1.29, 1.82) is 0 Å². The van der Waals surface area contributed by atoms with Crippen LogP contribution in [-0.4, -0.2) is 42.6 Å². The quantitative estimate of drug-likeness (QED) is 0.773. The van der Waals surface area contributed by atoms with Crippen LogP contribution < -0.4 is 5.32 Å². The number of nitrogens with one attached hydrogen (secondary N) is 1. The first kappa shape index (κ1) is 14.8. The van der Waals surface area contributed by atoms with Crippen molar-refractivity contribution in [2.45, 2.75) is 26.7 Å². The summed E-state index contributed by atoms with van der Waals surface area (Å²) in [6, 6.07) is 2.09. The van der Waals surface area contributed by atoms with Crippen LogP contribution in [0.2, 0.25) is 0 Å². The predicted octanol–water partition coefficient (Wildman–Crippen LogP) is 1.25. The molecule has 0 aliphatic rings. The van der Waals surface area contributed by atoms with Crippen molar-refractivity contribution in [3.05, 3.63) is 23.0 Å². The summed E-state index contributed by atoms with van der Waals surface area (Å²) in [7, 11) is 6.11. The summed E-state index contributed by atoms with van der Waals surface area (Å²) in [5.74, 6) is 0.113. The van der Waals surface area contributed by atoms with Crippen LogP contribution in [0.5, 0.6) is 0 Å². The lowest BCUT2D eigenvalue weighted by Crippen LogP contribution is -2.28. The van der Waals surface area contributed by atoms with Gasteiger partial charge in [-0.1, -0.05) is 0 Å². The highest BCUT2D eigenvalue weighted by molar-refractivity contribution is 5.78. The third-order valence-electron chi connectivity index (χ3n) is 3.34. The van der Waals surface area contributed by atoms with Crippen molar-refractivity contribution < 1.29 is 4.79 Å². The van der Waals surface area contributed by atoms with E-state index in [0.717, 1.165) is 25.1 Å². The van der Waals surface area contributed by atoms with Crippen molar-refractivity contribution in [2.24, 2.45) is 7.05 Å². The minimum atomic E-state index is 0.113. The van der Waals surface area contributed by atoms with Gasteiger partial charge in [-0.15, -0.1) is 0 Å². The van der Waals surface area contributed by atoms with Crippen LogP contribution in [0.1, 0.15) is 23.4 Å². The Bertz CT molecular complexity index is 407. The molecule has 0 atom stereocenters. The van der Waals surface area contributed by atoms with Gasteiger partial charge in [-0.05, 0) is 52.5 Å². The zero-order valence-electron chi connectivity index (χ0n) is 12.2. The van der Waals surface area contributed by atoms with E-state index in [-0.39, 0.29) is 5.91 Å². The maximum Gasteiger partial charge on any atom is 0.224 e. The van der Waals surface area contributed by atoms with Gasteiger partial charge in [0.2, 0.25) is 5.91 Å². The molecule has 1 N–H and O–H groups in total. The van der Waals surface area contributed by atoms with Gasteiger partial charge in [0.25, 0.3) is 0 Å². The van der Waals surface area contributed by atoms with E-state index in [2.05, 4.69) is 34.7 Å². The Morgan fingerprint density at radius 3 is 2.56 bits per heavy atom. The number of nitrogens with zero attached hydrogens (tertiary/aromatic N) is 2. The minimum absolute atomic E-state index is 0.113. The number of hydrogen-bond acceptors (Lipinski definition) is 2. The van der Waals surface area contributed by atoms with Gasteiger partial charge in [-0.3, -0.25) is 4.79 Å². The second kappa shape index (κ2) is 6.59. The fourth-order valence-corrected chi connectivity index (χ4v) is 1.97. The van der Waals surface area contributed by atoms with Gasteiger partial charge in [0.05, 0.1) is 6.42 Å². The van der Waals surface area contributed by atoms with E-state index in [9.17, 15) is 4.79 Å². The molecule has 4 heteroatoms. The first-order valence-electron chi connectivity index (χ1n) is 6.45. The fraction of sp³-hybridized carbons (Fsp3) is 0.643. The molecule has 1 aromatic heterocycles. The van der Waals surface area contributed by atoms with Crippen LogP contribution in [0, 0.1) is 13.8 Å². The van der Waals surface area contributed by atoms with Gasteiger partial charge in [0.1, 0.15) is 0 Å². The number of carbonyl (C=O) groups excluding carboxylic acids is 1. The number of amides is 1. The number of carbonyl (C=O) groups is 1. The molecule has 0 spiro atoms. The SMILES string of the molecule is Cc1cc(CC(=O)NCCCN(C)C)c(C)n1C. The Hall–Kier alpha value is -1.29. The third kappa shape index (κ3) is 4.18. The Morgan fingerprint density at radius 1 is 1.39 bits per heavy atom. The molecule has 0 bridgehead atoms. The maximum absolute atomic E-state index is 11.8. The smallest absolute Gasteiger partial charge is 0.224 e. The monoisotopic (exact) mass is 251 g/mol. The van der Waals surface area contributed by atoms with E-state index in [1.54, 1.807) is 0 Å². The highest BCUT2D eigenvalue weighted by Crippen LogP contribution is 2.13. The van der Waals surface area contributed by atoms with Gasteiger partial charge in [0.15, 0.2) is 0 Å². The van der Waals surface area contributed by atoms with Crippen molar-refractivity contribution >= 4 is 5.91 Å². The summed E-state index contributed by atoms with van der Waals surface area (Å²) in [6.07, 6.45) is 1.47. The highest BCUT2D eigenvalue weighted by atomic mass is 16.1. The van der Waals surface area contributed by atoms with Crippen LogP contribution in [0.15, 0.2) is 6.07 Å². The van der Waals surface area contributed by atoms with E-state index in [1.807, 2.05) is 21.1 Å². The number of aryl methyl sites for hydroxylation is 1. The molecule has 0 radical (unpaired) electrons. The van der Waals surface area contributed by atoms with Gasteiger partial charge >= 0.3 is 0 Å². The molecule has 4 nitrogen and oxygen atoms in total. The summed E-state index contributed by atoms with van der Waals surface area (Å²) >= 11 is 0. The molecule has 1 aromatic rings. The van der Waals surface area contributed by atoms with Crippen LogP contribution in [0.4, 0.5) is 0 Å². The lowest BCUT2D eigenvalue weighted by Gasteiger charge is -2.10. The van der Waals surface area contributed by atoms with E-state index in [0.29, 0.717) is 6.42 Å². The van der Waals surface area contributed by atoms with Crippen LogP contribution in [0.3, 0.4) is 0 Å². The molecule has 0 saturated heterocycles. The molecule has 1 heterocycles. The molecule has 0 saturated carbocycles. The molecule has 0 fully saturated rings. The number of rotatable bonds is 6. The Morgan fingerprint density at radius 2 is 2.06 bits per heavy atom. The molecular weight excluding hydrogens is 226 g/mol. The van der Waals surface area contributed by atoms with Crippen LogP contribution >= 0.6 is 0 Å². The molecule has 0 unspecified atom stereocenters. The maximum atomic E-state index is 11.8. The first-order chi connectivity index (χ1) is 8.41. The average Bonchev–Trinajstić information content (AvgIpc) is 2.52. The van der Waals surface area contributed by atoms with E-state index in [1.165, 1.54) is 11.4 Å². The summed E-state index contributed by atoms with van der Waals surface area (Å²) in [4.78, 5) is 13.9. The van der Waals surface area contributed by atoms with E-state index in [4.69, 9.17) is 0 Å². The second-order valence-electron chi connectivity index (χ2n) is 5.14. The van der Waals surface area contributed by atoms with Crippen molar-refractivity contribution in [3.63, 3.8) is 0 Å². The topological polar surface area (TPSA) is 37.3 Å².